The van der Waals surface area contributed by atoms with Crippen molar-refractivity contribution in [1.82, 2.24) is 9.88 Å². The predicted octanol–water partition coefficient (Wildman–Crippen LogP) is 2.84. The van der Waals surface area contributed by atoms with E-state index in [-0.39, 0.29) is 18.9 Å². The molecule has 0 bridgehead atoms. The molecular weight excluding hydrogens is 372 g/mol. The highest BCUT2D eigenvalue weighted by Crippen LogP contribution is 2.18. The number of hydrogen-bond acceptors (Lipinski definition) is 5. The number of carbonyl (C=O) groups excluding carboxylic acids is 1. The quantitative estimate of drug-likeness (QED) is 0.598. The molecule has 1 N–H and O–H groups in total. The van der Waals surface area contributed by atoms with Crippen molar-refractivity contribution in [2.75, 3.05) is 20.3 Å². The summed E-state index contributed by atoms with van der Waals surface area (Å²) in [6, 6.07) is 12.1. The molecule has 7 nitrogen and oxygen atoms in total. The molecule has 0 atom stereocenters. The smallest absolute Gasteiger partial charge is 0.419 e. The molecule has 0 aliphatic heterocycles. The van der Waals surface area contributed by atoms with Crippen LogP contribution in [0.15, 0.2) is 51.7 Å². The van der Waals surface area contributed by atoms with Gasteiger partial charge in [-0.15, -0.1) is 0 Å². The standard InChI is InChI=1S/C19H19ClN2O5/c1-25-14-3-5-15(6-4-14)26-11-9-21-18(23)8-10-22-16-7-2-13(20)12-17(16)27-19(22)24/h2-7,12H,8-11H2,1H3,(H,21,23). The van der Waals surface area contributed by atoms with Gasteiger partial charge in [0, 0.05) is 24.1 Å². The van der Waals surface area contributed by atoms with Crippen LogP contribution in [0, 0.1) is 0 Å². The summed E-state index contributed by atoms with van der Waals surface area (Å²) < 4.78 is 17.2. The first-order valence-electron chi connectivity index (χ1n) is 8.39. The van der Waals surface area contributed by atoms with Crippen LogP contribution in [0.1, 0.15) is 6.42 Å². The number of aryl methyl sites for hydroxylation is 1. The number of nitrogens with zero attached hydrogens (tertiary/aromatic N) is 1. The zero-order valence-electron chi connectivity index (χ0n) is 14.7. The molecular formula is C19H19ClN2O5. The van der Waals surface area contributed by atoms with Crippen molar-refractivity contribution < 1.29 is 18.7 Å². The number of rotatable bonds is 8. The van der Waals surface area contributed by atoms with Crippen molar-refractivity contribution in [3.05, 3.63) is 58.0 Å². The van der Waals surface area contributed by atoms with Crippen molar-refractivity contribution in [2.24, 2.45) is 0 Å². The van der Waals surface area contributed by atoms with E-state index in [1.165, 1.54) is 4.57 Å². The SMILES string of the molecule is COc1ccc(OCCNC(=O)CCn2c(=O)oc3cc(Cl)ccc32)cc1. The van der Waals surface area contributed by atoms with E-state index in [1.54, 1.807) is 49.6 Å². The zero-order valence-corrected chi connectivity index (χ0v) is 15.5. The maximum atomic E-state index is 12.0. The fourth-order valence-corrected chi connectivity index (χ4v) is 2.75. The fraction of sp³-hybridized carbons (Fsp3) is 0.263. The van der Waals surface area contributed by atoms with Crippen LogP contribution in [0.4, 0.5) is 0 Å². The maximum absolute atomic E-state index is 12.0. The summed E-state index contributed by atoms with van der Waals surface area (Å²) in [6.07, 6.45) is 0.152. The van der Waals surface area contributed by atoms with Crippen molar-refractivity contribution in [3.63, 3.8) is 0 Å². The number of benzene rings is 2. The summed E-state index contributed by atoms with van der Waals surface area (Å²) in [5, 5.41) is 3.24. The number of ether oxygens (including phenoxy) is 2. The van der Waals surface area contributed by atoms with E-state index in [9.17, 15) is 9.59 Å². The molecule has 3 rings (SSSR count). The zero-order chi connectivity index (χ0) is 19.2. The van der Waals surface area contributed by atoms with E-state index in [1.807, 2.05) is 0 Å². The first-order valence-corrected chi connectivity index (χ1v) is 8.77. The van der Waals surface area contributed by atoms with Gasteiger partial charge in [-0.05, 0) is 36.4 Å². The number of oxazole rings is 1. The van der Waals surface area contributed by atoms with Gasteiger partial charge in [0.05, 0.1) is 19.2 Å². The van der Waals surface area contributed by atoms with Gasteiger partial charge in [0.15, 0.2) is 5.58 Å². The van der Waals surface area contributed by atoms with E-state index in [0.29, 0.717) is 35.0 Å². The number of amides is 1. The van der Waals surface area contributed by atoms with Crippen LogP contribution < -0.4 is 20.5 Å². The van der Waals surface area contributed by atoms with Crippen LogP contribution in [0.3, 0.4) is 0 Å². The van der Waals surface area contributed by atoms with Crippen LogP contribution in [0.5, 0.6) is 11.5 Å². The van der Waals surface area contributed by atoms with Crippen LogP contribution >= 0.6 is 11.6 Å². The van der Waals surface area contributed by atoms with Gasteiger partial charge >= 0.3 is 5.76 Å². The lowest BCUT2D eigenvalue weighted by Crippen LogP contribution is -2.29. The van der Waals surface area contributed by atoms with Crippen molar-refractivity contribution in [3.8, 4) is 11.5 Å². The average molecular weight is 391 g/mol. The number of fused-ring (bicyclic) bond motifs is 1. The van der Waals surface area contributed by atoms with Crippen LogP contribution in [0.25, 0.3) is 11.1 Å². The molecule has 142 valence electrons. The largest absolute Gasteiger partial charge is 0.497 e. The third kappa shape index (κ3) is 4.83. The minimum atomic E-state index is -0.511. The lowest BCUT2D eigenvalue weighted by atomic mass is 10.3. The highest BCUT2D eigenvalue weighted by atomic mass is 35.5. The molecule has 0 fully saturated rings. The molecule has 0 unspecified atom stereocenters. The Morgan fingerprint density at radius 2 is 1.93 bits per heavy atom. The topological polar surface area (TPSA) is 82.7 Å². The second-order valence-corrected chi connectivity index (χ2v) is 6.19. The molecule has 0 aliphatic carbocycles. The van der Waals surface area contributed by atoms with E-state index in [2.05, 4.69) is 5.32 Å². The summed E-state index contributed by atoms with van der Waals surface area (Å²) in [7, 11) is 1.60. The predicted molar refractivity (Wildman–Crippen MR) is 102 cm³/mol. The maximum Gasteiger partial charge on any atom is 0.419 e. The Kier molecular flexibility index (Phi) is 6.03. The van der Waals surface area contributed by atoms with Gasteiger partial charge in [-0.2, -0.15) is 0 Å². The second kappa shape index (κ2) is 8.64. The van der Waals surface area contributed by atoms with E-state index in [0.717, 1.165) is 5.75 Å². The molecule has 3 aromatic rings. The summed E-state index contributed by atoms with van der Waals surface area (Å²) in [4.78, 5) is 23.9. The molecule has 0 aliphatic rings. The number of hydrogen-bond donors (Lipinski definition) is 1. The first-order chi connectivity index (χ1) is 13.1. The Morgan fingerprint density at radius 1 is 1.19 bits per heavy atom. The molecule has 2 aromatic carbocycles. The normalized spacial score (nSPS) is 10.7. The summed E-state index contributed by atoms with van der Waals surface area (Å²) in [5.41, 5.74) is 1.01. The summed E-state index contributed by atoms with van der Waals surface area (Å²) >= 11 is 5.88. The Morgan fingerprint density at radius 3 is 2.67 bits per heavy atom. The Balaban J connectivity index is 1.44. The molecule has 1 aromatic heterocycles. The highest BCUT2D eigenvalue weighted by Gasteiger charge is 2.11. The van der Waals surface area contributed by atoms with Gasteiger partial charge in [-0.1, -0.05) is 11.6 Å². The lowest BCUT2D eigenvalue weighted by Gasteiger charge is -2.08. The molecule has 27 heavy (non-hydrogen) atoms. The van der Waals surface area contributed by atoms with Gasteiger partial charge in [0.1, 0.15) is 18.1 Å². The second-order valence-electron chi connectivity index (χ2n) is 5.76. The minimum absolute atomic E-state index is 0.152. The van der Waals surface area contributed by atoms with E-state index in [4.69, 9.17) is 25.5 Å². The van der Waals surface area contributed by atoms with Gasteiger partial charge in [-0.3, -0.25) is 9.36 Å². The monoisotopic (exact) mass is 390 g/mol. The van der Waals surface area contributed by atoms with Crippen LogP contribution in [-0.4, -0.2) is 30.7 Å². The van der Waals surface area contributed by atoms with Gasteiger partial charge < -0.3 is 19.2 Å². The van der Waals surface area contributed by atoms with Crippen molar-refractivity contribution in [1.29, 1.82) is 0 Å². The molecule has 0 spiro atoms. The summed E-state index contributed by atoms with van der Waals surface area (Å²) in [5.74, 6) is 0.756. The Hall–Kier alpha value is -2.93. The fourth-order valence-electron chi connectivity index (χ4n) is 2.58. The highest BCUT2D eigenvalue weighted by molar-refractivity contribution is 6.31. The van der Waals surface area contributed by atoms with Crippen LogP contribution in [0.2, 0.25) is 5.02 Å². The number of aromatic nitrogens is 1. The number of methoxy groups -OCH3 is 1. The minimum Gasteiger partial charge on any atom is -0.497 e. The van der Waals surface area contributed by atoms with Gasteiger partial charge in [0.2, 0.25) is 5.91 Å². The average Bonchev–Trinajstić information content (AvgIpc) is 2.98. The lowest BCUT2D eigenvalue weighted by molar-refractivity contribution is -0.121. The number of carbonyl (C=O) groups is 1. The molecule has 1 heterocycles. The molecule has 0 radical (unpaired) electrons. The molecule has 0 saturated heterocycles. The Labute approximate surface area is 160 Å². The van der Waals surface area contributed by atoms with Crippen molar-refractivity contribution >= 4 is 28.6 Å². The van der Waals surface area contributed by atoms with E-state index >= 15 is 0 Å². The third-order valence-corrected chi connectivity index (χ3v) is 4.18. The first kappa shape index (κ1) is 18.8. The number of nitrogens with one attached hydrogen (secondary N) is 1. The molecule has 8 heteroatoms. The van der Waals surface area contributed by atoms with E-state index < -0.39 is 5.76 Å². The number of halogens is 1. The van der Waals surface area contributed by atoms with Crippen LogP contribution in [-0.2, 0) is 11.3 Å². The molecule has 0 saturated carbocycles. The van der Waals surface area contributed by atoms with Gasteiger partial charge in [0.25, 0.3) is 0 Å². The van der Waals surface area contributed by atoms with Crippen molar-refractivity contribution in [2.45, 2.75) is 13.0 Å². The third-order valence-electron chi connectivity index (χ3n) is 3.95. The van der Waals surface area contributed by atoms with Gasteiger partial charge in [-0.25, -0.2) is 4.79 Å². The molecule has 1 amide bonds. The summed E-state index contributed by atoms with van der Waals surface area (Å²) in [6.45, 7) is 0.922. The Bertz CT molecular complexity index is 978.